The molecule has 0 bridgehead atoms. The summed E-state index contributed by atoms with van der Waals surface area (Å²) in [5.41, 5.74) is 41.0. The average Bonchev–Trinajstić information content (AvgIpc) is 1.59. The lowest BCUT2D eigenvalue weighted by atomic mass is 9.81. The van der Waals surface area contributed by atoms with Gasteiger partial charge in [0, 0.05) is 108 Å². The molecule has 0 amide bonds. The lowest BCUT2D eigenvalue weighted by molar-refractivity contribution is -0.665. The van der Waals surface area contributed by atoms with Crippen LogP contribution < -0.4 is 22.8 Å². The third kappa shape index (κ3) is 17.5. The van der Waals surface area contributed by atoms with Gasteiger partial charge in [0.1, 0.15) is 40.8 Å². The van der Waals surface area contributed by atoms with Gasteiger partial charge in [0.25, 0.3) is 0 Å². The molecule has 135 heavy (non-hydrogen) atoms. The molecule has 0 N–H and O–H groups in total. The standard InChI is InChI=1S/C30H33N2.C30H32N.C23H24NO.C23H24NS.C21H24N/c1-18(2)22-12-13-24-23(16-22)15-21(6)31(7)30(24)26-17-29-27(14-20(26)5)25-10-8-9-11-28(25)32(29)19(3)4;1-18(2)21-12-13-23-22(16-21)15-20(4)31(7)29(23)25-17-28-26(14-19(25)3)24-10-8-9-11-27(24)30(28,5)6;2*1-14(2)17-6-7-20-19(12-17)11-16(4)24(5)23(20)21-13-22-18(8-9-25-22)10-15(21)3;1-14(2)17-10-11-20-18(13-17)12-16(4)22(5)21(20)19-9-7-6-8-15(19)3/h8-19H,1-7H3;8-18H,1-7H3;2*6-14H,1-5H3;6-14H,1-5H3/q5*+1/i;;;;7D,8D. The third-order valence-electron chi connectivity index (χ3n) is 29.5. The topological polar surface area (TPSA) is 37.5 Å². The van der Waals surface area contributed by atoms with Crippen molar-refractivity contribution >= 4 is 108 Å². The monoisotopic (exact) mass is 1800 g/mol. The maximum absolute atomic E-state index is 8.14. The van der Waals surface area contributed by atoms with E-state index in [1.54, 1.807) is 12.3 Å². The molecule has 20 aromatic rings. The summed E-state index contributed by atoms with van der Waals surface area (Å²) in [6.45, 7) is 53.5. The summed E-state index contributed by atoms with van der Waals surface area (Å²) in [6, 6.07) is 91.2. The molecule has 21 rings (SSSR count). The summed E-state index contributed by atoms with van der Waals surface area (Å²) in [5, 5.41) is 20.3. The van der Waals surface area contributed by atoms with Gasteiger partial charge < -0.3 is 8.98 Å². The van der Waals surface area contributed by atoms with E-state index in [9.17, 15) is 0 Å². The van der Waals surface area contributed by atoms with Crippen LogP contribution in [0.4, 0.5) is 0 Å². The number of hydrogen-bond acceptors (Lipinski definition) is 2. The Morgan fingerprint density at radius 2 is 0.681 bits per heavy atom. The summed E-state index contributed by atoms with van der Waals surface area (Å²) < 4.78 is 37.2. The van der Waals surface area contributed by atoms with Crippen LogP contribution in [0.5, 0.6) is 0 Å². The molecule has 1 aliphatic carbocycles. The van der Waals surface area contributed by atoms with Gasteiger partial charge in [-0.2, -0.15) is 22.8 Å². The van der Waals surface area contributed by atoms with Gasteiger partial charge in [-0.3, -0.25) is 0 Å². The molecule has 8 heteroatoms. The fourth-order valence-electron chi connectivity index (χ4n) is 20.9. The SMILES string of the molecule is Cc1cc2c(cc1-c1c3ccc(C(C)C)cc3cc(C)[n+]1C)C(C)(C)c1ccccc1-2.Cc1cc2c3ccccc3n(C(C)C)c2cc1-c1c2ccc(C(C)C)cc2cc(C)[n+]1C.Cc1cc2ccoc2cc1-c1c2ccc(C(C)C)cc2cc(C)[n+]1C.Cc1cc2ccsc2cc1-c1c2ccc(C(C)C)cc2cc(C)[n+]1C.[2H]c1cc([2H])c(C)c(-c2c3ccc(C(C)C)cc3cc(C)[n+]2C)c1. The van der Waals surface area contributed by atoms with Crippen molar-refractivity contribution in [3.8, 4) is 67.4 Å². The second-order valence-electron chi connectivity index (χ2n) is 40.9. The van der Waals surface area contributed by atoms with Crippen molar-refractivity contribution < 1.29 is 30.0 Å². The minimum atomic E-state index is 0.0113. The molecule has 0 spiro atoms. The van der Waals surface area contributed by atoms with Crippen molar-refractivity contribution in [2.24, 2.45) is 35.2 Å². The highest BCUT2D eigenvalue weighted by molar-refractivity contribution is 7.17. The molecule has 0 unspecified atom stereocenters. The number of thiophene rings is 1. The number of rotatable bonds is 11. The molecule has 12 aromatic carbocycles. The number of nitrogens with zero attached hydrogens (tertiary/aromatic N) is 6. The molecule has 0 aliphatic heterocycles. The van der Waals surface area contributed by atoms with Crippen LogP contribution in [0, 0.1) is 69.2 Å². The number of furan rings is 1. The number of benzene rings is 12. The van der Waals surface area contributed by atoms with E-state index in [-0.39, 0.29) is 5.41 Å². The van der Waals surface area contributed by atoms with Crippen LogP contribution in [0.3, 0.4) is 0 Å². The van der Waals surface area contributed by atoms with E-state index >= 15 is 0 Å². The molecule has 0 saturated carbocycles. The van der Waals surface area contributed by atoms with E-state index in [2.05, 4.69) is 452 Å². The molecule has 682 valence electrons. The molecule has 8 aromatic heterocycles. The normalized spacial score (nSPS) is 12.6. The van der Waals surface area contributed by atoms with Crippen LogP contribution >= 0.6 is 11.3 Å². The average molecular weight is 1800 g/mol. The fraction of sp³-hybridized carbons (Fsp3) is 0.283. The summed E-state index contributed by atoms with van der Waals surface area (Å²) in [6.07, 6.45) is 1.76. The van der Waals surface area contributed by atoms with Crippen LogP contribution in [-0.2, 0) is 40.7 Å². The van der Waals surface area contributed by atoms with Crippen molar-refractivity contribution in [1.29, 1.82) is 0 Å². The minimum absolute atomic E-state index is 0.0113. The van der Waals surface area contributed by atoms with E-state index in [0.29, 0.717) is 47.7 Å². The summed E-state index contributed by atoms with van der Waals surface area (Å²) in [7, 11) is 10.8. The van der Waals surface area contributed by atoms with Crippen molar-refractivity contribution in [2.45, 2.75) is 207 Å². The van der Waals surface area contributed by atoms with Crippen molar-refractivity contribution in [1.82, 2.24) is 4.57 Å². The molecule has 8 heterocycles. The van der Waals surface area contributed by atoms with E-state index in [4.69, 9.17) is 7.16 Å². The first-order valence-corrected chi connectivity index (χ1v) is 49.6. The molecule has 0 saturated heterocycles. The van der Waals surface area contributed by atoms with Gasteiger partial charge >= 0.3 is 0 Å². The van der Waals surface area contributed by atoms with Crippen LogP contribution in [-0.4, -0.2) is 4.57 Å². The van der Waals surface area contributed by atoms with Crippen LogP contribution in [0.2, 0.25) is 0 Å². The van der Waals surface area contributed by atoms with Gasteiger partial charge in [-0.25, -0.2) is 0 Å². The molecular formula is C127H137N6OS+5. The Bertz CT molecular complexity index is 8040. The molecular weight excluding hydrogens is 1660 g/mol. The molecule has 1 aliphatic rings. The molecule has 0 radical (unpaired) electrons. The first-order chi connectivity index (χ1) is 65.2. The lowest BCUT2D eigenvalue weighted by Crippen LogP contribution is -2.35. The van der Waals surface area contributed by atoms with E-state index in [1.165, 1.54) is 232 Å². The smallest absolute Gasteiger partial charge is 0.220 e. The Hall–Kier alpha value is -13.0. The lowest BCUT2D eigenvalue weighted by Gasteiger charge is -2.22. The third-order valence-corrected chi connectivity index (χ3v) is 30.4. The molecule has 0 fully saturated rings. The predicted molar refractivity (Wildman–Crippen MR) is 577 cm³/mol. The minimum Gasteiger partial charge on any atom is -0.464 e. The largest absolute Gasteiger partial charge is 0.464 e. The van der Waals surface area contributed by atoms with Crippen LogP contribution in [0.25, 0.3) is 164 Å². The number of aromatic nitrogens is 6. The number of aryl methyl sites for hydroxylation is 9. The summed E-state index contributed by atoms with van der Waals surface area (Å²) in [5.74, 6) is 2.62. The van der Waals surface area contributed by atoms with Gasteiger partial charge in [-0.1, -0.05) is 210 Å². The first kappa shape index (κ1) is 91.1. The zero-order valence-electron chi connectivity index (χ0n) is 87.2. The Labute approximate surface area is 808 Å². The van der Waals surface area contributed by atoms with Gasteiger partial charge in [-0.05, 0) is 291 Å². The Morgan fingerprint density at radius 3 is 1.13 bits per heavy atom. The Morgan fingerprint density at radius 1 is 0.296 bits per heavy atom. The fourth-order valence-corrected chi connectivity index (χ4v) is 21.7. The van der Waals surface area contributed by atoms with Crippen LogP contribution in [0.1, 0.15) is 231 Å². The highest BCUT2D eigenvalue weighted by atomic mass is 32.1. The van der Waals surface area contributed by atoms with Gasteiger partial charge in [0.2, 0.25) is 28.5 Å². The van der Waals surface area contributed by atoms with E-state index < -0.39 is 0 Å². The summed E-state index contributed by atoms with van der Waals surface area (Å²) >= 11 is 1.82. The van der Waals surface area contributed by atoms with Gasteiger partial charge in [0.15, 0.2) is 28.5 Å². The molecule has 0 atom stereocenters. The van der Waals surface area contributed by atoms with E-state index in [0.717, 1.165) is 27.8 Å². The van der Waals surface area contributed by atoms with Crippen molar-refractivity contribution in [3.05, 3.63) is 362 Å². The van der Waals surface area contributed by atoms with Crippen molar-refractivity contribution in [2.75, 3.05) is 0 Å². The number of para-hydroxylation sites is 1. The molecule has 7 nitrogen and oxygen atoms in total. The maximum Gasteiger partial charge on any atom is 0.220 e. The van der Waals surface area contributed by atoms with Crippen LogP contribution in [0.15, 0.2) is 271 Å². The van der Waals surface area contributed by atoms with E-state index in [1.807, 2.05) is 30.4 Å². The maximum atomic E-state index is 8.14. The Balaban J connectivity index is 0.000000119. The van der Waals surface area contributed by atoms with Gasteiger partial charge in [-0.15, -0.1) is 11.3 Å². The first-order valence-electron chi connectivity index (χ1n) is 49.7. The highest BCUT2D eigenvalue weighted by Crippen LogP contribution is 2.51. The predicted octanol–water partition coefficient (Wildman–Crippen LogP) is 32.3. The summed E-state index contributed by atoms with van der Waals surface area (Å²) in [4.78, 5) is 0. The number of hydrogen-bond donors (Lipinski definition) is 0. The Kier molecular flexibility index (Phi) is 25.2. The number of fused-ring (bicyclic) bond motifs is 13. The highest BCUT2D eigenvalue weighted by Gasteiger charge is 2.38. The number of pyridine rings is 5. The zero-order valence-corrected chi connectivity index (χ0v) is 86.0. The van der Waals surface area contributed by atoms with Gasteiger partial charge in [0.05, 0.1) is 63.7 Å². The zero-order chi connectivity index (χ0) is 97.8. The second kappa shape index (κ2) is 37.3. The second-order valence-corrected chi connectivity index (χ2v) is 41.9. The quantitative estimate of drug-likeness (QED) is 0.119. The van der Waals surface area contributed by atoms with Crippen molar-refractivity contribution in [3.63, 3.8) is 0 Å².